The summed E-state index contributed by atoms with van der Waals surface area (Å²) in [6, 6.07) is 5.84. The Labute approximate surface area is 108 Å². The second-order valence-electron chi connectivity index (χ2n) is 5.47. The fourth-order valence-corrected chi connectivity index (χ4v) is 2.90. The van der Waals surface area contributed by atoms with Gasteiger partial charge in [0.05, 0.1) is 12.1 Å². The van der Waals surface area contributed by atoms with Crippen LogP contribution in [-0.4, -0.2) is 24.5 Å². The fraction of sp³-hybridized carbons (Fsp3) is 0.533. The van der Waals surface area contributed by atoms with Crippen molar-refractivity contribution >= 4 is 5.78 Å². The van der Waals surface area contributed by atoms with Gasteiger partial charge in [-0.25, -0.2) is 0 Å². The van der Waals surface area contributed by atoms with Crippen LogP contribution >= 0.6 is 0 Å². The van der Waals surface area contributed by atoms with Gasteiger partial charge in [-0.15, -0.1) is 0 Å². The smallest absolute Gasteiger partial charge is 0.182 e. The molecule has 18 heavy (non-hydrogen) atoms. The Kier molecular flexibility index (Phi) is 2.86. The number of fused-ring (bicyclic) bond motifs is 1. The van der Waals surface area contributed by atoms with E-state index in [1.807, 2.05) is 25.1 Å². The molecule has 0 aromatic heterocycles. The zero-order valence-electron chi connectivity index (χ0n) is 10.8. The highest BCUT2D eigenvalue weighted by atomic mass is 16.5. The lowest BCUT2D eigenvalue weighted by Crippen LogP contribution is -2.52. The van der Waals surface area contributed by atoms with Crippen molar-refractivity contribution in [3.8, 4) is 5.75 Å². The zero-order chi connectivity index (χ0) is 12.6. The second-order valence-corrected chi connectivity index (χ2v) is 5.47. The van der Waals surface area contributed by atoms with Crippen LogP contribution in [0.4, 0.5) is 0 Å². The highest BCUT2D eigenvalue weighted by Gasteiger charge is 2.35. The Bertz CT molecular complexity index is 475. The first-order valence-electron chi connectivity index (χ1n) is 6.75. The van der Waals surface area contributed by atoms with Gasteiger partial charge >= 0.3 is 0 Å². The Morgan fingerprint density at radius 3 is 3.06 bits per heavy atom. The van der Waals surface area contributed by atoms with E-state index in [4.69, 9.17) is 4.74 Å². The van der Waals surface area contributed by atoms with Crippen LogP contribution < -0.4 is 10.1 Å². The number of rotatable bonds is 2. The van der Waals surface area contributed by atoms with Crippen LogP contribution in [0.15, 0.2) is 18.2 Å². The monoisotopic (exact) mass is 245 g/mol. The number of piperidine rings is 1. The van der Waals surface area contributed by atoms with Crippen molar-refractivity contribution in [3.05, 3.63) is 29.3 Å². The molecule has 1 aromatic carbocycles. The van der Waals surface area contributed by atoms with Crippen molar-refractivity contribution in [3.63, 3.8) is 0 Å². The molecule has 3 rings (SSSR count). The van der Waals surface area contributed by atoms with Gasteiger partial charge < -0.3 is 10.1 Å². The summed E-state index contributed by atoms with van der Waals surface area (Å²) in [6.07, 6.45) is 4.14. The quantitative estimate of drug-likeness (QED) is 0.813. The summed E-state index contributed by atoms with van der Waals surface area (Å²) in [5, 5.41) is 3.38. The topological polar surface area (TPSA) is 38.3 Å². The number of Topliss-reactive ketones (excluding diaryl/α,β-unsaturated/α-hetero) is 1. The number of hydrogen-bond donors (Lipinski definition) is 1. The number of hydrogen-bond acceptors (Lipinski definition) is 3. The number of ether oxygens (including phenoxy) is 1. The SMILES string of the molecule is CC1(C(=O)c2ccc3c(c2)CCO3)CCCCN1. The van der Waals surface area contributed by atoms with E-state index in [1.54, 1.807) is 0 Å². The van der Waals surface area contributed by atoms with Gasteiger partial charge in [-0.1, -0.05) is 0 Å². The Hall–Kier alpha value is -1.35. The van der Waals surface area contributed by atoms with Crippen molar-refractivity contribution in [2.45, 2.75) is 38.1 Å². The Morgan fingerprint density at radius 2 is 2.28 bits per heavy atom. The minimum Gasteiger partial charge on any atom is -0.493 e. The lowest BCUT2D eigenvalue weighted by molar-refractivity contribution is 0.0834. The molecule has 1 atom stereocenters. The molecule has 2 heterocycles. The van der Waals surface area contributed by atoms with Gasteiger partial charge in [0.25, 0.3) is 0 Å². The minimum atomic E-state index is -0.383. The largest absolute Gasteiger partial charge is 0.493 e. The molecule has 2 aliphatic rings. The summed E-state index contributed by atoms with van der Waals surface area (Å²) < 4.78 is 5.48. The van der Waals surface area contributed by atoms with Crippen LogP contribution in [-0.2, 0) is 6.42 Å². The van der Waals surface area contributed by atoms with Crippen molar-refractivity contribution in [1.82, 2.24) is 5.32 Å². The van der Waals surface area contributed by atoms with Gasteiger partial charge in [-0.2, -0.15) is 0 Å². The van der Waals surface area contributed by atoms with E-state index in [0.29, 0.717) is 0 Å². The van der Waals surface area contributed by atoms with E-state index in [0.717, 1.165) is 43.7 Å². The maximum Gasteiger partial charge on any atom is 0.182 e. The van der Waals surface area contributed by atoms with Crippen molar-refractivity contribution in [2.24, 2.45) is 0 Å². The van der Waals surface area contributed by atoms with Crippen LogP contribution in [0.1, 0.15) is 42.1 Å². The molecule has 1 aromatic rings. The van der Waals surface area contributed by atoms with E-state index in [9.17, 15) is 4.79 Å². The normalized spacial score (nSPS) is 26.5. The number of benzene rings is 1. The first-order chi connectivity index (χ1) is 8.69. The van der Waals surface area contributed by atoms with E-state index < -0.39 is 0 Å². The van der Waals surface area contributed by atoms with Gasteiger partial charge in [-0.05, 0) is 56.5 Å². The van der Waals surface area contributed by atoms with Crippen LogP contribution in [0.2, 0.25) is 0 Å². The molecular weight excluding hydrogens is 226 g/mol. The molecule has 1 N–H and O–H groups in total. The summed E-state index contributed by atoms with van der Waals surface area (Å²) in [6.45, 7) is 3.71. The third kappa shape index (κ3) is 1.93. The molecule has 0 radical (unpaired) electrons. The third-order valence-corrected chi connectivity index (χ3v) is 4.07. The predicted molar refractivity (Wildman–Crippen MR) is 70.2 cm³/mol. The Morgan fingerprint density at radius 1 is 1.39 bits per heavy atom. The lowest BCUT2D eigenvalue weighted by Gasteiger charge is -2.33. The molecule has 0 spiro atoms. The summed E-state index contributed by atoms with van der Waals surface area (Å²) in [4.78, 5) is 12.6. The molecule has 3 heteroatoms. The van der Waals surface area contributed by atoms with Gasteiger partial charge in [0.1, 0.15) is 5.75 Å². The Balaban J connectivity index is 1.88. The van der Waals surface area contributed by atoms with Crippen LogP contribution in [0.25, 0.3) is 0 Å². The lowest BCUT2D eigenvalue weighted by atomic mass is 9.83. The zero-order valence-corrected chi connectivity index (χ0v) is 10.8. The van der Waals surface area contributed by atoms with Gasteiger partial charge in [0, 0.05) is 12.0 Å². The summed E-state index contributed by atoms with van der Waals surface area (Å²) in [5.41, 5.74) is 1.60. The molecule has 0 saturated carbocycles. The number of ketones is 1. The predicted octanol–water partition coefficient (Wildman–Crippen LogP) is 2.34. The average Bonchev–Trinajstić information content (AvgIpc) is 2.86. The molecule has 1 unspecified atom stereocenters. The molecule has 0 aliphatic carbocycles. The number of nitrogens with one attached hydrogen (secondary N) is 1. The first-order valence-corrected chi connectivity index (χ1v) is 6.75. The molecule has 3 nitrogen and oxygen atoms in total. The van der Waals surface area contributed by atoms with E-state index in [2.05, 4.69) is 5.32 Å². The van der Waals surface area contributed by atoms with Crippen molar-refractivity contribution in [2.75, 3.05) is 13.2 Å². The third-order valence-electron chi connectivity index (χ3n) is 4.07. The first kappa shape index (κ1) is 11.7. The summed E-state index contributed by atoms with van der Waals surface area (Å²) in [7, 11) is 0. The minimum absolute atomic E-state index is 0.219. The molecule has 1 fully saturated rings. The van der Waals surface area contributed by atoms with E-state index in [-0.39, 0.29) is 11.3 Å². The summed E-state index contributed by atoms with van der Waals surface area (Å²) >= 11 is 0. The maximum absolute atomic E-state index is 12.6. The molecular formula is C15H19NO2. The molecule has 96 valence electrons. The molecule has 0 bridgehead atoms. The standard InChI is InChI=1S/C15H19NO2/c1-15(7-2-3-8-16-15)14(17)12-4-5-13-11(10-12)6-9-18-13/h4-5,10,16H,2-3,6-9H2,1H3. The maximum atomic E-state index is 12.6. The van der Waals surface area contributed by atoms with Crippen molar-refractivity contribution < 1.29 is 9.53 Å². The van der Waals surface area contributed by atoms with Crippen molar-refractivity contribution in [1.29, 1.82) is 0 Å². The van der Waals surface area contributed by atoms with Crippen LogP contribution in [0.5, 0.6) is 5.75 Å². The number of carbonyl (C=O) groups excluding carboxylic acids is 1. The molecule has 1 saturated heterocycles. The average molecular weight is 245 g/mol. The highest BCUT2D eigenvalue weighted by molar-refractivity contribution is 6.03. The van der Waals surface area contributed by atoms with Crippen LogP contribution in [0.3, 0.4) is 0 Å². The highest BCUT2D eigenvalue weighted by Crippen LogP contribution is 2.29. The van der Waals surface area contributed by atoms with Gasteiger partial charge in [0.2, 0.25) is 0 Å². The van der Waals surface area contributed by atoms with Gasteiger partial charge in [-0.3, -0.25) is 4.79 Å². The fourth-order valence-electron chi connectivity index (χ4n) is 2.90. The van der Waals surface area contributed by atoms with Crippen LogP contribution in [0, 0.1) is 0 Å². The summed E-state index contributed by atoms with van der Waals surface area (Å²) in [5.74, 6) is 1.16. The second kappa shape index (κ2) is 4.39. The van der Waals surface area contributed by atoms with E-state index in [1.165, 1.54) is 12.0 Å². The van der Waals surface area contributed by atoms with E-state index >= 15 is 0 Å². The van der Waals surface area contributed by atoms with Gasteiger partial charge in [0.15, 0.2) is 5.78 Å². The molecule has 2 aliphatic heterocycles. The molecule has 0 amide bonds. The number of carbonyl (C=O) groups is 1.